The number of hydrogen-bond donors (Lipinski definition) is 1. The molecule has 7 heteroatoms. The third kappa shape index (κ3) is 3.63. The van der Waals surface area contributed by atoms with E-state index >= 15 is 0 Å². The fourth-order valence-electron chi connectivity index (χ4n) is 3.12. The van der Waals surface area contributed by atoms with Crippen molar-refractivity contribution in [2.75, 3.05) is 13.4 Å². The molecule has 0 saturated carbocycles. The zero-order chi connectivity index (χ0) is 19.6. The average molecular weight is 399 g/mol. The Morgan fingerprint density at radius 2 is 1.79 bits per heavy atom. The van der Waals surface area contributed by atoms with Crippen molar-refractivity contribution >= 4 is 20.8 Å². The minimum Gasteiger partial charge on any atom is -0.493 e. The van der Waals surface area contributed by atoms with Crippen LogP contribution in [0, 0.1) is 0 Å². The summed E-state index contributed by atoms with van der Waals surface area (Å²) in [5, 5.41) is 1.41. The Bertz CT molecular complexity index is 1110. The smallest absolute Gasteiger partial charge is 0.241 e. The molecule has 0 bridgehead atoms. The van der Waals surface area contributed by atoms with Gasteiger partial charge in [-0.15, -0.1) is 0 Å². The summed E-state index contributed by atoms with van der Waals surface area (Å²) in [6, 6.07) is 16.0. The third-order valence-electron chi connectivity index (χ3n) is 4.50. The van der Waals surface area contributed by atoms with E-state index in [1.54, 1.807) is 30.3 Å². The van der Waals surface area contributed by atoms with Crippen LogP contribution in [0.2, 0.25) is 0 Å². The highest BCUT2D eigenvalue weighted by Gasteiger charge is 2.20. The van der Waals surface area contributed by atoms with Gasteiger partial charge < -0.3 is 14.2 Å². The van der Waals surface area contributed by atoms with E-state index in [0.717, 1.165) is 17.4 Å². The summed E-state index contributed by atoms with van der Waals surface area (Å²) in [4.78, 5) is 0.229. The molecular formula is C21H21NO5S. The molecule has 0 radical (unpaired) electrons. The van der Waals surface area contributed by atoms with Gasteiger partial charge >= 0.3 is 0 Å². The second-order valence-corrected chi connectivity index (χ2v) is 8.20. The first kappa shape index (κ1) is 18.6. The molecule has 0 unspecified atom stereocenters. The zero-order valence-corrected chi connectivity index (χ0v) is 16.3. The van der Waals surface area contributed by atoms with E-state index in [4.69, 9.17) is 14.2 Å². The second-order valence-electron chi connectivity index (χ2n) is 6.47. The monoisotopic (exact) mass is 399 g/mol. The maximum atomic E-state index is 13.0. The summed E-state index contributed by atoms with van der Waals surface area (Å²) < 4.78 is 45.0. The first-order chi connectivity index (χ1) is 13.6. The van der Waals surface area contributed by atoms with Crippen LogP contribution in [-0.2, 0) is 16.6 Å². The summed E-state index contributed by atoms with van der Waals surface area (Å²) in [6.45, 7) is 2.95. The van der Waals surface area contributed by atoms with Gasteiger partial charge in [-0.3, -0.25) is 0 Å². The molecule has 0 aromatic heterocycles. The molecule has 3 aromatic rings. The highest BCUT2D eigenvalue weighted by molar-refractivity contribution is 7.89. The third-order valence-corrected chi connectivity index (χ3v) is 5.96. The summed E-state index contributed by atoms with van der Waals surface area (Å²) in [5.74, 6) is 1.98. The van der Waals surface area contributed by atoms with Crippen molar-refractivity contribution in [3.05, 3.63) is 60.2 Å². The van der Waals surface area contributed by atoms with Gasteiger partial charge in [0.05, 0.1) is 11.5 Å². The van der Waals surface area contributed by atoms with Gasteiger partial charge in [0.2, 0.25) is 16.8 Å². The van der Waals surface area contributed by atoms with Crippen LogP contribution in [0.5, 0.6) is 17.2 Å². The predicted octanol–water partition coefficient (Wildman–Crippen LogP) is 3.84. The lowest BCUT2D eigenvalue weighted by atomic mass is 10.1. The zero-order valence-electron chi connectivity index (χ0n) is 15.5. The van der Waals surface area contributed by atoms with Crippen LogP contribution in [0.25, 0.3) is 10.8 Å². The predicted molar refractivity (Wildman–Crippen MR) is 106 cm³/mol. The van der Waals surface area contributed by atoms with Crippen LogP contribution in [0.15, 0.2) is 59.5 Å². The number of ether oxygens (including phenoxy) is 3. The van der Waals surface area contributed by atoms with Crippen LogP contribution in [0.4, 0.5) is 0 Å². The van der Waals surface area contributed by atoms with Gasteiger partial charge in [-0.05, 0) is 36.2 Å². The quantitative estimate of drug-likeness (QED) is 0.654. The van der Waals surface area contributed by atoms with Crippen molar-refractivity contribution in [3.8, 4) is 17.2 Å². The summed E-state index contributed by atoms with van der Waals surface area (Å²) >= 11 is 0. The van der Waals surface area contributed by atoms with Crippen LogP contribution in [0.3, 0.4) is 0 Å². The number of sulfonamides is 1. The summed E-state index contributed by atoms with van der Waals surface area (Å²) in [6.07, 6.45) is 0.880. The molecule has 0 amide bonds. The van der Waals surface area contributed by atoms with E-state index in [2.05, 4.69) is 4.72 Å². The molecular weight excluding hydrogens is 378 g/mol. The number of hydrogen-bond acceptors (Lipinski definition) is 5. The molecule has 0 saturated heterocycles. The van der Waals surface area contributed by atoms with E-state index in [1.165, 1.54) is 0 Å². The molecule has 1 aliphatic heterocycles. The lowest BCUT2D eigenvalue weighted by molar-refractivity contribution is 0.174. The molecule has 0 spiro atoms. The Balaban J connectivity index is 1.61. The van der Waals surface area contributed by atoms with Crippen molar-refractivity contribution in [2.45, 2.75) is 24.8 Å². The molecule has 0 atom stereocenters. The van der Waals surface area contributed by atoms with Crippen molar-refractivity contribution in [1.29, 1.82) is 0 Å². The first-order valence-electron chi connectivity index (χ1n) is 9.11. The Morgan fingerprint density at radius 1 is 1.00 bits per heavy atom. The van der Waals surface area contributed by atoms with E-state index in [0.29, 0.717) is 29.2 Å². The van der Waals surface area contributed by atoms with E-state index in [1.807, 2.05) is 31.2 Å². The number of rotatable bonds is 7. The van der Waals surface area contributed by atoms with Crippen molar-refractivity contribution < 1.29 is 22.6 Å². The number of benzene rings is 3. The fourth-order valence-corrected chi connectivity index (χ4v) is 4.35. The maximum absolute atomic E-state index is 13.0. The molecule has 1 heterocycles. The standard InChI is InChI=1S/C21H21NO5S/c1-2-11-25-18-9-10-21(17-6-4-3-5-16(17)18)28(23,24)22-13-15-7-8-19-20(12-15)27-14-26-19/h3-10,12,22H,2,11,13-14H2,1H3. The van der Waals surface area contributed by atoms with Crippen LogP contribution >= 0.6 is 0 Å². The number of nitrogens with one attached hydrogen (secondary N) is 1. The van der Waals surface area contributed by atoms with Crippen molar-refractivity contribution in [3.63, 3.8) is 0 Å². The summed E-state index contributed by atoms with van der Waals surface area (Å²) in [7, 11) is -3.71. The van der Waals surface area contributed by atoms with Gasteiger partial charge in [0, 0.05) is 17.3 Å². The Hall–Kier alpha value is -2.77. The Kier molecular flexibility index (Phi) is 5.11. The number of fused-ring (bicyclic) bond motifs is 2. The molecule has 28 heavy (non-hydrogen) atoms. The maximum Gasteiger partial charge on any atom is 0.241 e. The lowest BCUT2D eigenvalue weighted by Crippen LogP contribution is -2.23. The van der Waals surface area contributed by atoms with Gasteiger partial charge in [0.15, 0.2) is 11.5 Å². The normalized spacial score (nSPS) is 13.0. The summed E-state index contributed by atoms with van der Waals surface area (Å²) in [5.41, 5.74) is 0.792. The fraction of sp³-hybridized carbons (Fsp3) is 0.238. The molecule has 6 nitrogen and oxygen atoms in total. The Morgan fingerprint density at radius 3 is 2.61 bits per heavy atom. The van der Waals surface area contributed by atoms with Gasteiger partial charge in [-0.1, -0.05) is 37.3 Å². The second kappa shape index (κ2) is 7.69. The van der Waals surface area contributed by atoms with Gasteiger partial charge in [0.25, 0.3) is 0 Å². The minimum atomic E-state index is -3.71. The molecule has 0 fully saturated rings. The topological polar surface area (TPSA) is 73.9 Å². The van der Waals surface area contributed by atoms with E-state index in [-0.39, 0.29) is 18.2 Å². The molecule has 1 aliphatic rings. The lowest BCUT2D eigenvalue weighted by Gasteiger charge is -2.13. The SMILES string of the molecule is CCCOc1ccc(S(=O)(=O)NCc2ccc3c(c2)OCO3)c2ccccc12. The molecule has 1 N–H and O–H groups in total. The average Bonchev–Trinajstić information content (AvgIpc) is 3.18. The molecule has 4 rings (SSSR count). The molecule has 3 aromatic carbocycles. The Labute approximate surface area is 164 Å². The highest BCUT2D eigenvalue weighted by Crippen LogP contribution is 2.33. The largest absolute Gasteiger partial charge is 0.493 e. The molecule has 146 valence electrons. The van der Waals surface area contributed by atoms with Crippen LogP contribution in [-0.4, -0.2) is 21.8 Å². The van der Waals surface area contributed by atoms with E-state index in [9.17, 15) is 8.42 Å². The van der Waals surface area contributed by atoms with Gasteiger partial charge in [-0.25, -0.2) is 13.1 Å². The van der Waals surface area contributed by atoms with Gasteiger partial charge in [-0.2, -0.15) is 0 Å². The minimum absolute atomic E-state index is 0.154. The first-order valence-corrected chi connectivity index (χ1v) is 10.6. The van der Waals surface area contributed by atoms with Crippen molar-refractivity contribution in [1.82, 2.24) is 4.72 Å². The van der Waals surface area contributed by atoms with Gasteiger partial charge in [0.1, 0.15) is 5.75 Å². The van der Waals surface area contributed by atoms with Crippen LogP contribution in [0.1, 0.15) is 18.9 Å². The highest BCUT2D eigenvalue weighted by atomic mass is 32.2. The molecule has 0 aliphatic carbocycles. The van der Waals surface area contributed by atoms with Crippen molar-refractivity contribution in [2.24, 2.45) is 0 Å². The van der Waals surface area contributed by atoms with Crippen LogP contribution < -0.4 is 18.9 Å². The van der Waals surface area contributed by atoms with E-state index < -0.39 is 10.0 Å².